The Hall–Kier alpha value is -0.510. The van der Waals surface area contributed by atoms with Gasteiger partial charge in [-0.2, -0.15) is 0 Å². The minimum absolute atomic E-state index is 0.133. The number of rotatable bonds is 2. The van der Waals surface area contributed by atoms with Crippen molar-refractivity contribution in [2.45, 2.75) is 51.0 Å². The van der Waals surface area contributed by atoms with Gasteiger partial charge < -0.3 is 4.90 Å². The fraction of sp³-hybridized carbons (Fsp3) is 0.923. The van der Waals surface area contributed by atoms with E-state index in [1.54, 1.807) is 0 Å². The SMILES string of the molecule is CC1=NC(CN2CCC3(CC2)CC3(F)F)CC1. The molecule has 1 saturated carbocycles. The Morgan fingerprint density at radius 2 is 2.00 bits per heavy atom. The van der Waals surface area contributed by atoms with E-state index >= 15 is 0 Å². The maximum absolute atomic E-state index is 13.2. The lowest BCUT2D eigenvalue weighted by Crippen LogP contribution is -2.39. The largest absolute Gasteiger partial charge is 0.301 e. The summed E-state index contributed by atoms with van der Waals surface area (Å²) in [6, 6.07) is 0.420. The molecule has 0 bridgehead atoms. The highest BCUT2D eigenvalue weighted by Gasteiger charge is 2.70. The first-order chi connectivity index (χ1) is 8.01. The van der Waals surface area contributed by atoms with Crippen LogP contribution in [0.5, 0.6) is 0 Å². The van der Waals surface area contributed by atoms with Crippen LogP contribution in [0.1, 0.15) is 39.0 Å². The first kappa shape index (κ1) is 11.6. The Bertz CT molecular complexity index is 343. The van der Waals surface area contributed by atoms with Gasteiger partial charge in [-0.15, -0.1) is 0 Å². The third kappa shape index (κ3) is 2.01. The first-order valence-electron chi connectivity index (χ1n) is 6.64. The molecule has 1 atom stereocenters. The molecule has 1 saturated heterocycles. The Morgan fingerprint density at radius 1 is 1.35 bits per heavy atom. The van der Waals surface area contributed by atoms with Crippen LogP contribution in [-0.2, 0) is 0 Å². The molecule has 0 N–H and O–H groups in total. The van der Waals surface area contributed by atoms with E-state index in [2.05, 4.69) is 16.8 Å². The lowest BCUT2D eigenvalue weighted by Gasteiger charge is -2.33. The normalized spacial score (nSPS) is 35.0. The summed E-state index contributed by atoms with van der Waals surface area (Å²) >= 11 is 0. The Morgan fingerprint density at radius 3 is 2.47 bits per heavy atom. The molecule has 2 aliphatic heterocycles. The number of aliphatic imine (C=N–C) groups is 1. The van der Waals surface area contributed by atoms with Gasteiger partial charge in [0.2, 0.25) is 0 Å². The van der Waals surface area contributed by atoms with Gasteiger partial charge >= 0.3 is 0 Å². The molecule has 0 radical (unpaired) electrons. The molecule has 3 aliphatic rings. The second kappa shape index (κ2) is 3.74. The van der Waals surface area contributed by atoms with Crippen LogP contribution < -0.4 is 0 Å². The van der Waals surface area contributed by atoms with E-state index in [9.17, 15) is 8.78 Å². The van der Waals surface area contributed by atoms with Crippen molar-refractivity contribution in [3.63, 3.8) is 0 Å². The zero-order chi connectivity index (χ0) is 12.1. The highest BCUT2D eigenvalue weighted by Crippen LogP contribution is 2.65. The van der Waals surface area contributed by atoms with Crippen molar-refractivity contribution in [3.05, 3.63) is 0 Å². The van der Waals surface area contributed by atoms with E-state index in [4.69, 9.17) is 0 Å². The number of nitrogens with zero attached hydrogens (tertiary/aromatic N) is 2. The highest BCUT2D eigenvalue weighted by atomic mass is 19.3. The standard InChI is InChI=1S/C13H20F2N2/c1-10-2-3-11(16-10)8-17-6-4-12(5-7-17)9-13(12,14)15/h11H,2-9H2,1H3. The Kier molecular flexibility index (Phi) is 2.55. The van der Waals surface area contributed by atoms with Crippen molar-refractivity contribution in [2.75, 3.05) is 19.6 Å². The zero-order valence-corrected chi connectivity index (χ0v) is 10.4. The number of hydrogen-bond donors (Lipinski definition) is 0. The minimum atomic E-state index is -2.36. The van der Waals surface area contributed by atoms with Gasteiger partial charge in [-0.1, -0.05) is 0 Å². The molecule has 0 aromatic heterocycles. The van der Waals surface area contributed by atoms with Crippen LogP contribution in [0.2, 0.25) is 0 Å². The maximum Gasteiger partial charge on any atom is 0.254 e. The maximum atomic E-state index is 13.2. The van der Waals surface area contributed by atoms with Crippen LogP contribution in [0.15, 0.2) is 4.99 Å². The summed E-state index contributed by atoms with van der Waals surface area (Å²) in [6.45, 7) is 4.72. The van der Waals surface area contributed by atoms with Crippen LogP contribution in [0.3, 0.4) is 0 Å². The van der Waals surface area contributed by atoms with E-state index in [-0.39, 0.29) is 6.42 Å². The quantitative estimate of drug-likeness (QED) is 0.727. The summed E-state index contributed by atoms with van der Waals surface area (Å²) in [7, 11) is 0. The van der Waals surface area contributed by atoms with Crippen LogP contribution in [-0.4, -0.2) is 42.2 Å². The van der Waals surface area contributed by atoms with Crippen molar-refractivity contribution in [3.8, 4) is 0 Å². The predicted molar refractivity (Wildman–Crippen MR) is 63.8 cm³/mol. The van der Waals surface area contributed by atoms with Crippen LogP contribution in [0.4, 0.5) is 8.78 Å². The molecule has 2 nitrogen and oxygen atoms in total. The van der Waals surface area contributed by atoms with Crippen LogP contribution in [0, 0.1) is 5.41 Å². The second-order valence-corrected chi connectivity index (χ2v) is 6.02. The van der Waals surface area contributed by atoms with Gasteiger partial charge in [-0.25, -0.2) is 8.78 Å². The van der Waals surface area contributed by atoms with E-state index in [1.807, 2.05) is 0 Å². The smallest absolute Gasteiger partial charge is 0.254 e. The number of likely N-dealkylation sites (tertiary alicyclic amines) is 1. The van der Waals surface area contributed by atoms with Crippen molar-refractivity contribution in [1.82, 2.24) is 4.90 Å². The Labute approximate surface area is 101 Å². The third-order valence-electron chi connectivity index (χ3n) is 4.74. The van der Waals surface area contributed by atoms with E-state index < -0.39 is 11.3 Å². The number of hydrogen-bond acceptors (Lipinski definition) is 2. The van der Waals surface area contributed by atoms with Gasteiger partial charge in [-0.05, 0) is 45.7 Å². The summed E-state index contributed by atoms with van der Waals surface area (Å²) in [5.74, 6) is -2.36. The van der Waals surface area contributed by atoms with Crippen molar-refractivity contribution in [1.29, 1.82) is 0 Å². The molecule has 4 heteroatoms. The molecule has 0 aromatic rings. The highest BCUT2D eigenvalue weighted by molar-refractivity contribution is 5.83. The Balaban J connectivity index is 1.50. The van der Waals surface area contributed by atoms with E-state index in [0.717, 1.165) is 32.5 Å². The molecule has 0 amide bonds. The van der Waals surface area contributed by atoms with E-state index in [0.29, 0.717) is 18.9 Å². The summed E-state index contributed by atoms with van der Waals surface area (Å²) in [5.41, 5.74) is 0.635. The fourth-order valence-electron chi connectivity index (χ4n) is 3.33. The van der Waals surface area contributed by atoms with Gasteiger partial charge in [0.05, 0.1) is 6.04 Å². The summed E-state index contributed by atoms with van der Waals surface area (Å²) in [6.07, 6.45) is 3.74. The van der Waals surface area contributed by atoms with Gasteiger partial charge in [0.15, 0.2) is 0 Å². The monoisotopic (exact) mass is 242 g/mol. The molecule has 0 aromatic carbocycles. The molecule has 1 unspecified atom stereocenters. The van der Waals surface area contributed by atoms with E-state index in [1.165, 1.54) is 5.71 Å². The predicted octanol–water partition coefficient (Wildman–Crippen LogP) is 2.73. The molecule has 1 spiro atoms. The fourth-order valence-corrected chi connectivity index (χ4v) is 3.33. The molecule has 96 valence electrons. The molecular formula is C13H20F2N2. The minimum Gasteiger partial charge on any atom is -0.301 e. The average molecular weight is 242 g/mol. The topological polar surface area (TPSA) is 15.6 Å². The third-order valence-corrected chi connectivity index (χ3v) is 4.74. The molecule has 3 rings (SSSR count). The molecule has 2 fully saturated rings. The number of alkyl halides is 2. The van der Waals surface area contributed by atoms with Crippen LogP contribution >= 0.6 is 0 Å². The second-order valence-electron chi connectivity index (χ2n) is 6.02. The van der Waals surface area contributed by atoms with Gasteiger partial charge in [0.1, 0.15) is 0 Å². The summed E-state index contributed by atoms with van der Waals surface area (Å²) in [5, 5.41) is 0. The summed E-state index contributed by atoms with van der Waals surface area (Å²) in [4.78, 5) is 6.92. The molecule has 17 heavy (non-hydrogen) atoms. The number of piperidine rings is 1. The van der Waals surface area contributed by atoms with Crippen molar-refractivity contribution in [2.24, 2.45) is 10.4 Å². The molecule has 2 heterocycles. The lowest BCUT2D eigenvalue weighted by molar-refractivity contribution is 0.0305. The molecular weight excluding hydrogens is 222 g/mol. The van der Waals surface area contributed by atoms with Crippen LogP contribution in [0.25, 0.3) is 0 Å². The summed E-state index contributed by atoms with van der Waals surface area (Å²) < 4.78 is 26.4. The van der Waals surface area contributed by atoms with Crippen molar-refractivity contribution >= 4 is 5.71 Å². The first-order valence-corrected chi connectivity index (χ1v) is 6.64. The molecule has 1 aliphatic carbocycles. The van der Waals surface area contributed by atoms with Gasteiger partial charge in [-0.3, -0.25) is 4.99 Å². The van der Waals surface area contributed by atoms with Crippen molar-refractivity contribution < 1.29 is 8.78 Å². The zero-order valence-electron chi connectivity index (χ0n) is 10.4. The lowest BCUT2D eigenvalue weighted by atomic mass is 9.92. The van der Waals surface area contributed by atoms with Gasteiger partial charge in [0.25, 0.3) is 5.92 Å². The number of halogens is 2. The van der Waals surface area contributed by atoms with Gasteiger partial charge in [0, 0.05) is 24.1 Å². The average Bonchev–Trinajstić information content (AvgIpc) is 2.59.